The first-order valence-electron chi connectivity index (χ1n) is 9.67. The number of amides is 1. The minimum atomic E-state index is -1.04. The Hall–Kier alpha value is -3.92. The van der Waals surface area contributed by atoms with Gasteiger partial charge in [-0.1, -0.05) is 5.21 Å². The summed E-state index contributed by atoms with van der Waals surface area (Å²) in [6.07, 6.45) is 1.54. The number of rotatable bonds is 6. The van der Waals surface area contributed by atoms with Crippen molar-refractivity contribution in [3.05, 3.63) is 76.2 Å². The van der Waals surface area contributed by atoms with Gasteiger partial charge in [-0.05, 0) is 36.4 Å². The van der Waals surface area contributed by atoms with Gasteiger partial charge in [0.2, 0.25) is 0 Å². The number of nitrogens with zero attached hydrogens (tertiary/aromatic N) is 4. The summed E-state index contributed by atoms with van der Waals surface area (Å²) in [5.41, 5.74) is 1.24. The predicted octanol–water partition coefficient (Wildman–Crippen LogP) is 2.77. The minimum absolute atomic E-state index is 0.140. The number of ether oxygens (including phenoxy) is 1. The van der Waals surface area contributed by atoms with Crippen LogP contribution in [0.4, 0.5) is 8.78 Å². The Morgan fingerprint density at radius 2 is 1.88 bits per heavy atom. The maximum absolute atomic E-state index is 13.6. The van der Waals surface area contributed by atoms with Crippen LogP contribution in [0, 0.1) is 11.6 Å². The summed E-state index contributed by atoms with van der Waals surface area (Å²) in [4.78, 5) is 28.9. The van der Waals surface area contributed by atoms with E-state index in [4.69, 9.17) is 4.74 Å². The fourth-order valence-corrected chi connectivity index (χ4v) is 3.21. The SMILES string of the molecule is COCCN(C)C(=O)c1ccc(-n2cc(-c3cc4cc(F)c(F)cc4[nH]c3=O)nn2)cc1. The first kappa shape index (κ1) is 21.3. The molecule has 1 N–H and O–H groups in total. The van der Waals surface area contributed by atoms with E-state index in [2.05, 4.69) is 15.3 Å². The fourth-order valence-electron chi connectivity index (χ4n) is 3.21. The maximum Gasteiger partial charge on any atom is 0.258 e. The summed E-state index contributed by atoms with van der Waals surface area (Å²) in [6, 6.07) is 10.1. The van der Waals surface area contributed by atoms with Crippen molar-refractivity contribution >= 4 is 16.8 Å². The third-order valence-corrected chi connectivity index (χ3v) is 5.01. The smallest absolute Gasteiger partial charge is 0.258 e. The molecular formula is C22H19F2N5O3. The zero-order chi connectivity index (χ0) is 22.8. The quantitative estimate of drug-likeness (QED) is 0.499. The van der Waals surface area contributed by atoms with Crippen LogP contribution in [0.25, 0.3) is 27.8 Å². The average molecular weight is 439 g/mol. The molecule has 0 atom stereocenters. The molecule has 0 saturated carbocycles. The first-order valence-corrected chi connectivity index (χ1v) is 9.67. The summed E-state index contributed by atoms with van der Waals surface area (Å²) in [6.45, 7) is 0.915. The van der Waals surface area contributed by atoms with Crippen LogP contribution in [0.1, 0.15) is 10.4 Å². The highest BCUT2D eigenvalue weighted by atomic mass is 19.2. The molecule has 0 radical (unpaired) electrons. The minimum Gasteiger partial charge on any atom is -0.383 e. The molecule has 2 aromatic heterocycles. The molecule has 0 saturated heterocycles. The van der Waals surface area contributed by atoms with Crippen LogP contribution in [0.5, 0.6) is 0 Å². The second-order valence-corrected chi connectivity index (χ2v) is 7.18. The van der Waals surface area contributed by atoms with Crippen molar-refractivity contribution in [1.29, 1.82) is 0 Å². The third-order valence-electron chi connectivity index (χ3n) is 5.01. The summed E-state index contributed by atoms with van der Waals surface area (Å²) >= 11 is 0. The van der Waals surface area contributed by atoms with Gasteiger partial charge in [0.25, 0.3) is 11.5 Å². The van der Waals surface area contributed by atoms with Gasteiger partial charge < -0.3 is 14.6 Å². The van der Waals surface area contributed by atoms with Crippen LogP contribution in [-0.4, -0.2) is 58.1 Å². The van der Waals surface area contributed by atoms with Crippen LogP contribution in [0.15, 0.2) is 53.5 Å². The van der Waals surface area contributed by atoms with Crippen molar-refractivity contribution in [2.24, 2.45) is 0 Å². The molecule has 0 fully saturated rings. The van der Waals surface area contributed by atoms with E-state index >= 15 is 0 Å². The highest BCUT2D eigenvalue weighted by Gasteiger charge is 2.14. The molecule has 0 bridgehead atoms. The van der Waals surface area contributed by atoms with Crippen LogP contribution in [0.2, 0.25) is 0 Å². The molecule has 8 nitrogen and oxygen atoms in total. The molecule has 0 aliphatic heterocycles. The summed E-state index contributed by atoms with van der Waals surface area (Å²) in [7, 11) is 3.27. The Labute approximate surface area is 181 Å². The summed E-state index contributed by atoms with van der Waals surface area (Å²) in [5.74, 6) is -2.19. The molecule has 4 aromatic rings. The van der Waals surface area contributed by atoms with Crippen molar-refractivity contribution < 1.29 is 18.3 Å². The van der Waals surface area contributed by atoms with Crippen molar-refractivity contribution in [2.75, 3.05) is 27.3 Å². The second-order valence-electron chi connectivity index (χ2n) is 7.18. The lowest BCUT2D eigenvalue weighted by Crippen LogP contribution is -2.29. The molecule has 32 heavy (non-hydrogen) atoms. The first-order chi connectivity index (χ1) is 15.4. The second kappa shape index (κ2) is 8.67. The number of halogens is 2. The topological polar surface area (TPSA) is 93.1 Å². The van der Waals surface area contributed by atoms with Gasteiger partial charge in [-0.25, -0.2) is 13.5 Å². The zero-order valence-electron chi connectivity index (χ0n) is 17.3. The van der Waals surface area contributed by atoms with E-state index in [1.807, 2.05) is 0 Å². The molecule has 0 unspecified atom stereocenters. The summed E-state index contributed by atoms with van der Waals surface area (Å²) < 4.78 is 33.4. The van der Waals surface area contributed by atoms with E-state index in [-0.39, 0.29) is 22.7 Å². The van der Waals surface area contributed by atoms with E-state index in [1.165, 1.54) is 16.9 Å². The van der Waals surface area contributed by atoms with Gasteiger partial charge in [-0.15, -0.1) is 5.10 Å². The lowest BCUT2D eigenvalue weighted by atomic mass is 10.1. The Balaban J connectivity index is 1.60. The van der Waals surface area contributed by atoms with Crippen LogP contribution >= 0.6 is 0 Å². The lowest BCUT2D eigenvalue weighted by molar-refractivity contribution is 0.0744. The molecule has 164 valence electrons. The number of methoxy groups -OCH3 is 1. The van der Waals surface area contributed by atoms with Crippen molar-refractivity contribution in [2.45, 2.75) is 0 Å². The fraction of sp³-hybridized carbons (Fsp3) is 0.182. The standard InChI is InChI=1S/C22H19F2N5O3/c1-28(7-8-32-2)22(31)13-3-5-15(6-4-13)29-12-20(26-27-29)16-9-14-10-17(23)18(24)11-19(14)25-21(16)30/h3-6,9-12H,7-8H2,1-2H3,(H,25,30). The van der Waals surface area contributed by atoms with Crippen LogP contribution in [-0.2, 0) is 4.74 Å². The largest absolute Gasteiger partial charge is 0.383 e. The maximum atomic E-state index is 13.6. The number of likely N-dealkylation sites (N-methyl/N-ethyl adjacent to an activating group) is 1. The van der Waals surface area contributed by atoms with Crippen molar-refractivity contribution in [1.82, 2.24) is 24.9 Å². The molecule has 4 rings (SSSR count). The molecule has 0 aliphatic carbocycles. The molecule has 2 aromatic carbocycles. The van der Waals surface area contributed by atoms with Gasteiger partial charge in [0.1, 0.15) is 5.69 Å². The van der Waals surface area contributed by atoms with E-state index < -0.39 is 17.2 Å². The number of aromatic nitrogens is 4. The number of hydrogen-bond acceptors (Lipinski definition) is 5. The van der Waals surface area contributed by atoms with E-state index in [1.54, 1.807) is 43.3 Å². The normalized spacial score (nSPS) is 11.1. The van der Waals surface area contributed by atoms with Gasteiger partial charge in [0.15, 0.2) is 11.6 Å². The number of pyridine rings is 1. The zero-order valence-corrected chi connectivity index (χ0v) is 17.3. The number of carbonyl (C=O) groups is 1. The Morgan fingerprint density at radius 3 is 2.59 bits per heavy atom. The van der Waals surface area contributed by atoms with Gasteiger partial charge >= 0.3 is 0 Å². The highest BCUT2D eigenvalue weighted by molar-refractivity contribution is 5.94. The molecule has 10 heteroatoms. The number of hydrogen-bond donors (Lipinski definition) is 1. The van der Waals surface area contributed by atoms with Crippen molar-refractivity contribution in [3.63, 3.8) is 0 Å². The molecule has 1 amide bonds. The lowest BCUT2D eigenvalue weighted by Gasteiger charge is -2.16. The van der Waals surface area contributed by atoms with Crippen molar-refractivity contribution in [3.8, 4) is 16.9 Å². The number of aromatic amines is 1. The number of nitrogens with one attached hydrogen (secondary N) is 1. The Morgan fingerprint density at radius 1 is 1.16 bits per heavy atom. The number of fused-ring (bicyclic) bond motifs is 1. The van der Waals surface area contributed by atoms with E-state index in [0.29, 0.717) is 29.8 Å². The highest BCUT2D eigenvalue weighted by Crippen LogP contribution is 2.21. The van der Waals surface area contributed by atoms with Gasteiger partial charge in [0, 0.05) is 37.7 Å². The Kier molecular flexibility index (Phi) is 5.78. The number of carbonyl (C=O) groups excluding carboxylic acids is 1. The summed E-state index contributed by atoms with van der Waals surface area (Å²) in [5, 5.41) is 8.39. The molecule has 2 heterocycles. The van der Waals surface area contributed by atoms with E-state index in [0.717, 1.165) is 12.1 Å². The van der Waals surface area contributed by atoms with E-state index in [9.17, 15) is 18.4 Å². The predicted molar refractivity (Wildman–Crippen MR) is 114 cm³/mol. The number of benzene rings is 2. The molecular weight excluding hydrogens is 420 g/mol. The molecule has 0 spiro atoms. The molecule has 0 aliphatic rings. The Bertz CT molecular complexity index is 1350. The monoisotopic (exact) mass is 439 g/mol. The average Bonchev–Trinajstić information content (AvgIpc) is 3.28. The number of H-pyrrole nitrogens is 1. The van der Waals surface area contributed by atoms with Gasteiger partial charge in [-0.3, -0.25) is 9.59 Å². The van der Waals surface area contributed by atoms with Gasteiger partial charge in [0.05, 0.1) is 29.6 Å². The van der Waals surface area contributed by atoms with Gasteiger partial charge in [-0.2, -0.15) is 0 Å². The third kappa shape index (κ3) is 4.12. The van der Waals surface area contributed by atoms with Crippen LogP contribution in [0.3, 0.4) is 0 Å². The van der Waals surface area contributed by atoms with Crippen LogP contribution < -0.4 is 5.56 Å².